The number of hydrogen-bond acceptors (Lipinski definition) is 4. The summed E-state index contributed by atoms with van der Waals surface area (Å²) in [7, 11) is 1.75. The van der Waals surface area contributed by atoms with Crippen molar-refractivity contribution >= 4 is 21.6 Å². The first-order chi connectivity index (χ1) is 11.6. The predicted octanol–water partition coefficient (Wildman–Crippen LogP) is 2.41. The second-order valence-corrected chi connectivity index (χ2v) is 8.79. The second-order valence-electron chi connectivity index (χ2n) is 5.86. The summed E-state index contributed by atoms with van der Waals surface area (Å²) in [6.07, 6.45) is 13.3. The minimum Gasteiger partial charge on any atom is -0.327 e. The lowest BCUT2D eigenvalue weighted by Crippen LogP contribution is -2.05. The van der Waals surface area contributed by atoms with E-state index < -0.39 is 21.6 Å². The molecule has 2 atom stereocenters. The summed E-state index contributed by atoms with van der Waals surface area (Å²) in [6.45, 7) is 0. The predicted molar refractivity (Wildman–Crippen MR) is 96.7 cm³/mol. The molecule has 134 valence electrons. The van der Waals surface area contributed by atoms with Gasteiger partial charge >= 0.3 is 0 Å². The maximum atomic E-state index is 12.1. The lowest BCUT2D eigenvalue weighted by Gasteiger charge is -2.04. The molecule has 2 rings (SSSR count). The number of imidazole rings is 2. The van der Waals surface area contributed by atoms with Gasteiger partial charge in [0.1, 0.15) is 0 Å². The first kappa shape index (κ1) is 19.1. The first-order valence-electron chi connectivity index (χ1n) is 8.31. The van der Waals surface area contributed by atoms with Crippen LogP contribution in [0.15, 0.2) is 35.1 Å². The molecule has 0 N–H and O–H groups in total. The highest BCUT2D eigenvalue weighted by Gasteiger charge is 2.09. The van der Waals surface area contributed by atoms with Gasteiger partial charge in [-0.1, -0.05) is 25.7 Å². The topological polar surface area (TPSA) is 69.8 Å². The van der Waals surface area contributed by atoms with Crippen molar-refractivity contribution in [2.45, 2.75) is 48.8 Å². The molecule has 2 aromatic rings. The van der Waals surface area contributed by atoms with Crippen LogP contribution in [0.1, 0.15) is 38.5 Å². The Morgan fingerprint density at radius 1 is 0.750 bits per heavy atom. The Bertz CT molecular complexity index is 623. The first-order valence-corrected chi connectivity index (χ1v) is 10.9. The minimum atomic E-state index is -0.996. The van der Waals surface area contributed by atoms with E-state index >= 15 is 0 Å². The third-order valence-corrected chi connectivity index (χ3v) is 6.79. The smallest absolute Gasteiger partial charge is 0.198 e. The second kappa shape index (κ2) is 9.88. The van der Waals surface area contributed by atoms with Gasteiger partial charge in [-0.15, -0.1) is 0 Å². The van der Waals surface area contributed by atoms with Crippen molar-refractivity contribution in [2.24, 2.45) is 14.1 Å². The van der Waals surface area contributed by atoms with Crippen LogP contribution in [-0.4, -0.2) is 39.0 Å². The lowest BCUT2D eigenvalue weighted by atomic mass is 10.1. The fraction of sp³-hybridized carbons (Fsp3) is 0.625. The van der Waals surface area contributed by atoms with Crippen molar-refractivity contribution in [3.63, 3.8) is 0 Å². The summed E-state index contributed by atoms with van der Waals surface area (Å²) >= 11 is 0. The Kier molecular flexibility index (Phi) is 7.84. The summed E-state index contributed by atoms with van der Waals surface area (Å²) in [4.78, 5) is 8.25. The zero-order valence-corrected chi connectivity index (χ0v) is 16.0. The van der Waals surface area contributed by atoms with Crippen LogP contribution in [0.3, 0.4) is 0 Å². The molecule has 2 aromatic heterocycles. The van der Waals surface area contributed by atoms with E-state index in [2.05, 4.69) is 9.97 Å². The van der Waals surface area contributed by atoms with Crippen LogP contribution < -0.4 is 0 Å². The van der Waals surface area contributed by atoms with Gasteiger partial charge in [-0.05, 0) is 12.8 Å². The molecule has 0 amide bonds. The molecule has 0 aromatic carbocycles. The average Bonchev–Trinajstić information content (AvgIpc) is 3.17. The molecule has 0 aliphatic carbocycles. The van der Waals surface area contributed by atoms with E-state index in [4.69, 9.17) is 0 Å². The Hall–Kier alpha value is -1.28. The zero-order chi connectivity index (χ0) is 17.4. The SMILES string of the molecule is Cn1ccnc1S(=O)CCCCCCCCS(=O)c1nccn1C. The van der Waals surface area contributed by atoms with E-state index in [1.807, 2.05) is 35.6 Å². The number of hydrogen-bond donors (Lipinski definition) is 0. The van der Waals surface area contributed by atoms with Gasteiger partial charge in [-0.25, -0.2) is 9.97 Å². The summed E-state index contributed by atoms with van der Waals surface area (Å²) in [5.41, 5.74) is 0. The van der Waals surface area contributed by atoms with E-state index in [-0.39, 0.29) is 0 Å². The molecule has 0 aliphatic heterocycles. The highest BCUT2D eigenvalue weighted by molar-refractivity contribution is 7.85. The third kappa shape index (κ3) is 5.66. The maximum absolute atomic E-state index is 12.1. The van der Waals surface area contributed by atoms with E-state index in [1.165, 1.54) is 0 Å². The molecule has 2 heterocycles. The van der Waals surface area contributed by atoms with Crippen LogP contribution in [-0.2, 0) is 35.7 Å². The van der Waals surface area contributed by atoms with Gasteiger partial charge in [0, 0.05) is 50.4 Å². The maximum Gasteiger partial charge on any atom is 0.198 e. The number of aryl methyl sites for hydroxylation is 2. The summed E-state index contributed by atoms with van der Waals surface area (Å²) in [6, 6.07) is 0. The van der Waals surface area contributed by atoms with Crippen molar-refractivity contribution in [3.8, 4) is 0 Å². The highest BCUT2D eigenvalue weighted by Crippen LogP contribution is 2.11. The molecule has 0 fully saturated rings. The van der Waals surface area contributed by atoms with Crippen molar-refractivity contribution in [2.75, 3.05) is 11.5 Å². The van der Waals surface area contributed by atoms with Crippen LogP contribution in [0.25, 0.3) is 0 Å². The van der Waals surface area contributed by atoms with Crippen LogP contribution in [0.2, 0.25) is 0 Å². The molecular formula is C16H26N4O2S2. The quantitative estimate of drug-likeness (QED) is 0.570. The van der Waals surface area contributed by atoms with Crippen molar-refractivity contribution < 1.29 is 8.42 Å². The normalized spacial score (nSPS) is 13.9. The fourth-order valence-electron chi connectivity index (χ4n) is 2.50. The molecule has 24 heavy (non-hydrogen) atoms. The number of unbranched alkanes of at least 4 members (excludes halogenated alkanes) is 5. The molecule has 0 saturated heterocycles. The molecule has 0 saturated carbocycles. The van der Waals surface area contributed by atoms with Crippen molar-refractivity contribution in [3.05, 3.63) is 24.8 Å². The number of aromatic nitrogens is 4. The highest BCUT2D eigenvalue weighted by atomic mass is 32.2. The van der Waals surface area contributed by atoms with Gasteiger partial charge in [0.2, 0.25) is 0 Å². The van der Waals surface area contributed by atoms with E-state index in [1.54, 1.807) is 12.4 Å². The van der Waals surface area contributed by atoms with Gasteiger partial charge in [-0.2, -0.15) is 0 Å². The Balaban J connectivity index is 1.50. The largest absolute Gasteiger partial charge is 0.327 e. The molecule has 0 spiro atoms. The van der Waals surface area contributed by atoms with Gasteiger partial charge in [-0.3, -0.25) is 8.42 Å². The lowest BCUT2D eigenvalue weighted by molar-refractivity contribution is 0.615. The molecule has 8 heteroatoms. The van der Waals surface area contributed by atoms with E-state index in [9.17, 15) is 8.42 Å². The van der Waals surface area contributed by atoms with Gasteiger partial charge in [0.05, 0.1) is 21.6 Å². The van der Waals surface area contributed by atoms with Crippen molar-refractivity contribution in [1.82, 2.24) is 19.1 Å². The van der Waals surface area contributed by atoms with Crippen LogP contribution in [0.4, 0.5) is 0 Å². The molecule has 0 aliphatic rings. The molecular weight excluding hydrogens is 344 g/mol. The summed E-state index contributed by atoms with van der Waals surface area (Å²) in [5.74, 6) is 1.35. The zero-order valence-electron chi connectivity index (χ0n) is 14.4. The van der Waals surface area contributed by atoms with E-state index in [0.717, 1.165) is 38.5 Å². The van der Waals surface area contributed by atoms with Crippen LogP contribution in [0.5, 0.6) is 0 Å². The van der Waals surface area contributed by atoms with Gasteiger partial charge < -0.3 is 9.13 Å². The van der Waals surface area contributed by atoms with Crippen molar-refractivity contribution in [1.29, 1.82) is 0 Å². The fourth-order valence-corrected chi connectivity index (χ4v) is 4.92. The summed E-state index contributed by atoms with van der Waals surface area (Å²) in [5, 5.41) is 1.32. The van der Waals surface area contributed by atoms with Gasteiger partial charge in [0.15, 0.2) is 10.3 Å². The molecule has 0 radical (unpaired) electrons. The van der Waals surface area contributed by atoms with Gasteiger partial charge in [0.25, 0.3) is 0 Å². The standard InChI is InChI=1S/C16H26N4O2S2/c1-19-11-9-17-15(19)23(21)13-7-5-3-4-6-8-14-24(22)16-18-10-12-20(16)2/h9-12H,3-8,13-14H2,1-2H3. The Morgan fingerprint density at radius 3 is 1.46 bits per heavy atom. The summed E-state index contributed by atoms with van der Waals surface area (Å²) < 4.78 is 27.8. The molecule has 6 nitrogen and oxygen atoms in total. The minimum absolute atomic E-state index is 0.659. The van der Waals surface area contributed by atoms with E-state index in [0.29, 0.717) is 21.8 Å². The number of nitrogens with zero attached hydrogens (tertiary/aromatic N) is 4. The third-order valence-electron chi connectivity index (χ3n) is 3.87. The van der Waals surface area contributed by atoms with Crippen LogP contribution >= 0.6 is 0 Å². The average molecular weight is 371 g/mol. The Morgan fingerprint density at radius 2 is 1.12 bits per heavy atom. The Labute approximate surface area is 148 Å². The molecule has 0 bridgehead atoms. The van der Waals surface area contributed by atoms with Crippen LogP contribution in [0, 0.1) is 0 Å². The molecule has 2 unspecified atom stereocenters. The number of rotatable bonds is 11. The monoisotopic (exact) mass is 370 g/mol.